The lowest BCUT2D eigenvalue weighted by Gasteiger charge is -2.29. The van der Waals surface area contributed by atoms with Gasteiger partial charge in [0, 0.05) is 31.9 Å². The van der Waals surface area contributed by atoms with Gasteiger partial charge in [-0.1, -0.05) is 6.92 Å². The highest BCUT2D eigenvalue weighted by molar-refractivity contribution is 5.78. The molecule has 3 rings (SSSR count). The minimum atomic E-state index is -0.803. The lowest BCUT2D eigenvalue weighted by molar-refractivity contribution is -0.124. The van der Waals surface area contributed by atoms with Crippen LogP contribution in [0.15, 0.2) is 18.3 Å². The highest BCUT2D eigenvalue weighted by atomic mass is 16.3. The van der Waals surface area contributed by atoms with Gasteiger partial charge in [0.25, 0.3) is 0 Å². The van der Waals surface area contributed by atoms with Gasteiger partial charge in [-0.15, -0.1) is 0 Å². The molecule has 0 bridgehead atoms. The SMILES string of the molecule is CCC(C)(C)NC(=O)CN1CCn2nc([C@H](O)c3ccnn3C)cc2C1. The maximum atomic E-state index is 12.3. The fourth-order valence-corrected chi connectivity index (χ4v) is 3.12. The Morgan fingerprint density at radius 3 is 2.85 bits per heavy atom. The molecule has 0 saturated carbocycles. The Morgan fingerprint density at radius 2 is 2.19 bits per heavy atom. The molecule has 1 amide bonds. The van der Waals surface area contributed by atoms with Gasteiger partial charge in [0.05, 0.1) is 30.2 Å². The molecule has 0 saturated heterocycles. The molecule has 0 aliphatic carbocycles. The summed E-state index contributed by atoms with van der Waals surface area (Å²) in [7, 11) is 1.80. The number of amides is 1. The van der Waals surface area contributed by atoms with Crippen LogP contribution in [0.25, 0.3) is 0 Å². The third-order valence-corrected chi connectivity index (χ3v) is 5.04. The zero-order chi connectivity index (χ0) is 18.9. The van der Waals surface area contributed by atoms with Gasteiger partial charge in [-0.3, -0.25) is 19.1 Å². The van der Waals surface area contributed by atoms with E-state index in [0.717, 1.165) is 18.7 Å². The first kappa shape index (κ1) is 18.6. The van der Waals surface area contributed by atoms with Gasteiger partial charge in [-0.05, 0) is 32.4 Å². The van der Waals surface area contributed by atoms with Crippen LogP contribution in [0.3, 0.4) is 0 Å². The number of nitrogens with one attached hydrogen (secondary N) is 1. The average molecular weight is 360 g/mol. The molecule has 0 fully saturated rings. The summed E-state index contributed by atoms with van der Waals surface area (Å²) in [6.45, 7) is 8.60. The van der Waals surface area contributed by atoms with Crippen LogP contribution in [0, 0.1) is 0 Å². The smallest absolute Gasteiger partial charge is 0.234 e. The zero-order valence-corrected chi connectivity index (χ0v) is 15.9. The molecule has 1 aliphatic heterocycles. The summed E-state index contributed by atoms with van der Waals surface area (Å²) in [6, 6.07) is 3.70. The Hall–Kier alpha value is -2.19. The summed E-state index contributed by atoms with van der Waals surface area (Å²) in [4.78, 5) is 14.4. The molecule has 1 aliphatic rings. The fourth-order valence-electron chi connectivity index (χ4n) is 3.12. The standard InChI is InChI=1S/C18H28N6O2/c1-5-18(2,3)20-16(25)12-23-8-9-24-13(11-23)10-14(21-24)17(26)15-6-7-19-22(15)4/h6-7,10,17,26H,5,8-9,11-12H2,1-4H3,(H,20,25)/t17-/m0/s1. The molecule has 3 heterocycles. The Bertz CT molecular complexity index is 778. The van der Waals surface area contributed by atoms with Crippen molar-refractivity contribution < 1.29 is 9.90 Å². The van der Waals surface area contributed by atoms with Gasteiger partial charge in [0.1, 0.15) is 6.10 Å². The van der Waals surface area contributed by atoms with Crippen LogP contribution < -0.4 is 5.32 Å². The van der Waals surface area contributed by atoms with Crippen LogP contribution in [0.5, 0.6) is 0 Å². The first-order valence-corrected chi connectivity index (χ1v) is 9.05. The van der Waals surface area contributed by atoms with Crippen molar-refractivity contribution in [3.05, 3.63) is 35.4 Å². The van der Waals surface area contributed by atoms with Crippen LogP contribution in [0.2, 0.25) is 0 Å². The highest BCUT2D eigenvalue weighted by Gasteiger charge is 2.25. The van der Waals surface area contributed by atoms with E-state index in [-0.39, 0.29) is 11.4 Å². The summed E-state index contributed by atoms with van der Waals surface area (Å²) in [6.07, 6.45) is 1.75. The van der Waals surface area contributed by atoms with Crippen LogP contribution in [-0.2, 0) is 24.9 Å². The maximum Gasteiger partial charge on any atom is 0.234 e. The Morgan fingerprint density at radius 1 is 1.42 bits per heavy atom. The highest BCUT2D eigenvalue weighted by Crippen LogP contribution is 2.23. The van der Waals surface area contributed by atoms with Crippen molar-refractivity contribution in [1.82, 2.24) is 29.8 Å². The summed E-state index contributed by atoms with van der Waals surface area (Å²) in [5, 5.41) is 22.3. The van der Waals surface area contributed by atoms with E-state index in [9.17, 15) is 9.90 Å². The third kappa shape index (κ3) is 3.96. The molecule has 0 radical (unpaired) electrons. The minimum Gasteiger partial charge on any atom is -0.380 e. The van der Waals surface area contributed by atoms with Crippen LogP contribution >= 0.6 is 0 Å². The molecule has 8 heteroatoms. The number of aromatic nitrogens is 4. The van der Waals surface area contributed by atoms with E-state index in [2.05, 4.69) is 27.3 Å². The molecule has 0 spiro atoms. The van der Waals surface area contributed by atoms with E-state index in [0.29, 0.717) is 31.0 Å². The van der Waals surface area contributed by atoms with Gasteiger partial charge < -0.3 is 10.4 Å². The van der Waals surface area contributed by atoms with E-state index in [1.54, 1.807) is 24.0 Å². The molecule has 142 valence electrons. The molecule has 1 atom stereocenters. The van der Waals surface area contributed by atoms with Crippen molar-refractivity contribution >= 4 is 5.91 Å². The van der Waals surface area contributed by atoms with Gasteiger partial charge >= 0.3 is 0 Å². The number of carbonyl (C=O) groups is 1. The maximum absolute atomic E-state index is 12.3. The second-order valence-electron chi connectivity index (χ2n) is 7.56. The van der Waals surface area contributed by atoms with Crippen molar-refractivity contribution in [1.29, 1.82) is 0 Å². The Labute approximate surface area is 153 Å². The van der Waals surface area contributed by atoms with E-state index in [4.69, 9.17) is 0 Å². The largest absolute Gasteiger partial charge is 0.380 e. The number of fused-ring (bicyclic) bond motifs is 1. The van der Waals surface area contributed by atoms with Gasteiger partial charge in [-0.2, -0.15) is 10.2 Å². The van der Waals surface area contributed by atoms with E-state index in [1.807, 2.05) is 24.6 Å². The lowest BCUT2D eigenvalue weighted by Crippen LogP contribution is -2.48. The number of aliphatic hydroxyl groups is 1. The second-order valence-corrected chi connectivity index (χ2v) is 7.56. The number of hydrogen-bond donors (Lipinski definition) is 2. The zero-order valence-electron chi connectivity index (χ0n) is 15.9. The third-order valence-electron chi connectivity index (χ3n) is 5.04. The summed E-state index contributed by atoms with van der Waals surface area (Å²) in [5.74, 6) is 0.0416. The second kappa shape index (κ2) is 7.20. The van der Waals surface area contributed by atoms with E-state index >= 15 is 0 Å². The monoisotopic (exact) mass is 360 g/mol. The van der Waals surface area contributed by atoms with Crippen molar-refractivity contribution in [2.75, 3.05) is 13.1 Å². The fraction of sp³-hybridized carbons (Fsp3) is 0.611. The Balaban J connectivity index is 1.65. The quantitative estimate of drug-likeness (QED) is 0.796. The average Bonchev–Trinajstić information content (AvgIpc) is 3.19. The molecule has 2 aromatic rings. The summed E-state index contributed by atoms with van der Waals surface area (Å²) < 4.78 is 3.56. The molecule has 2 N–H and O–H groups in total. The predicted octanol–water partition coefficient (Wildman–Crippen LogP) is 0.819. The minimum absolute atomic E-state index is 0.0416. The topological polar surface area (TPSA) is 88.2 Å². The number of aryl methyl sites for hydroxylation is 1. The Kier molecular flexibility index (Phi) is 5.15. The first-order valence-electron chi connectivity index (χ1n) is 9.05. The van der Waals surface area contributed by atoms with E-state index in [1.165, 1.54) is 0 Å². The molecular formula is C18H28N6O2. The molecule has 2 aromatic heterocycles. The van der Waals surface area contributed by atoms with Crippen LogP contribution in [0.1, 0.15) is 50.4 Å². The summed E-state index contributed by atoms with van der Waals surface area (Å²) in [5.41, 5.74) is 2.14. The normalized spacial score (nSPS) is 16.3. The van der Waals surface area contributed by atoms with Gasteiger partial charge in [-0.25, -0.2) is 0 Å². The van der Waals surface area contributed by atoms with Crippen molar-refractivity contribution in [3.63, 3.8) is 0 Å². The van der Waals surface area contributed by atoms with Crippen LogP contribution in [0.4, 0.5) is 0 Å². The van der Waals surface area contributed by atoms with Crippen molar-refractivity contribution in [2.24, 2.45) is 7.05 Å². The van der Waals surface area contributed by atoms with Gasteiger partial charge in [0.2, 0.25) is 5.91 Å². The molecule has 0 unspecified atom stereocenters. The van der Waals surface area contributed by atoms with Crippen molar-refractivity contribution in [2.45, 2.75) is 51.9 Å². The molecular weight excluding hydrogens is 332 g/mol. The first-order chi connectivity index (χ1) is 12.3. The number of hydrogen-bond acceptors (Lipinski definition) is 5. The number of rotatable bonds is 6. The lowest BCUT2D eigenvalue weighted by atomic mass is 10.0. The predicted molar refractivity (Wildman–Crippen MR) is 97.3 cm³/mol. The summed E-state index contributed by atoms with van der Waals surface area (Å²) >= 11 is 0. The van der Waals surface area contributed by atoms with E-state index < -0.39 is 6.10 Å². The van der Waals surface area contributed by atoms with Crippen molar-refractivity contribution in [3.8, 4) is 0 Å². The molecule has 8 nitrogen and oxygen atoms in total. The number of aliphatic hydroxyl groups excluding tert-OH is 1. The van der Waals surface area contributed by atoms with Crippen LogP contribution in [-0.4, -0.2) is 54.1 Å². The molecule has 26 heavy (non-hydrogen) atoms. The number of carbonyl (C=O) groups excluding carboxylic acids is 1. The molecule has 0 aromatic carbocycles. The van der Waals surface area contributed by atoms with Gasteiger partial charge in [0.15, 0.2) is 0 Å². The number of nitrogens with zero attached hydrogens (tertiary/aromatic N) is 5.